The maximum Gasteiger partial charge on any atom is 0.313 e. The summed E-state index contributed by atoms with van der Waals surface area (Å²) in [5.74, 6) is -0.0679. The van der Waals surface area contributed by atoms with Gasteiger partial charge in [0.1, 0.15) is 6.10 Å². The number of nitrogens with zero attached hydrogens (tertiary/aromatic N) is 3. The van der Waals surface area contributed by atoms with Gasteiger partial charge in [0.15, 0.2) is 13.1 Å². The van der Waals surface area contributed by atoms with Crippen LogP contribution in [0.2, 0.25) is 0 Å². The van der Waals surface area contributed by atoms with Gasteiger partial charge >= 0.3 is 5.65 Å². The number of methoxy groups -OCH3 is 1. The number of hydrogen-bond acceptors (Lipinski definition) is 9. The van der Waals surface area contributed by atoms with Crippen LogP contribution >= 0.6 is 7.82 Å². The maximum absolute atomic E-state index is 12.7. The van der Waals surface area contributed by atoms with Crippen LogP contribution in [0.3, 0.4) is 0 Å². The van der Waals surface area contributed by atoms with Crippen LogP contribution < -0.4 is 25.6 Å². The zero-order valence-corrected chi connectivity index (χ0v) is 20.3. The zero-order chi connectivity index (χ0) is 25.7. The molecule has 2 aromatic heterocycles. The molecule has 0 aliphatic carbocycles. The molecule has 0 aliphatic heterocycles. The summed E-state index contributed by atoms with van der Waals surface area (Å²) in [5.41, 5.74) is 9.00. The van der Waals surface area contributed by atoms with E-state index in [1.807, 2.05) is 54.6 Å². The average Bonchev–Trinajstić information content (AvgIpc) is 3.18. The lowest BCUT2D eigenvalue weighted by atomic mass is 10.0. The van der Waals surface area contributed by atoms with E-state index in [1.54, 1.807) is 15.5 Å². The number of anilines is 1. The fourth-order valence-corrected chi connectivity index (χ4v) is 4.10. The van der Waals surface area contributed by atoms with Gasteiger partial charge in [-0.15, -0.1) is 0 Å². The Morgan fingerprint density at radius 2 is 1.81 bits per heavy atom. The van der Waals surface area contributed by atoms with E-state index in [2.05, 4.69) is 14.5 Å². The number of benzene rings is 2. The van der Waals surface area contributed by atoms with Gasteiger partial charge in [0.05, 0.1) is 27.6 Å². The molecule has 0 fully saturated rings. The summed E-state index contributed by atoms with van der Waals surface area (Å²) in [6.45, 7) is -0.302. The van der Waals surface area contributed by atoms with Crippen LogP contribution in [-0.2, 0) is 31.8 Å². The van der Waals surface area contributed by atoms with E-state index in [4.69, 9.17) is 15.2 Å². The van der Waals surface area contributed by atoms with Crippen molar-refractivity contribution in [3.63, 3.8) is 0 Å². The molecule has 4 rings (SSSR count). The van der Waals surface area contributed by atoms with Gasteiger partial charge in [0, 0.05) is 7.11 Å². The highest BCUT2D eigenvalue weighted by atomic mass is 31.2. The molecule has 1 unspecified atom stereocenters. The Balaban J connectivity index is 1.58. The van der Waals surface area contributed by atoms with Crippen LogP contribution in [0.4, 0.5) is 5.95 Å². The number of H-pyrrole nitrogens is 1. The molecule has 0 amide bonds. The SMILES string of the molecule is COCC(COP(=O)([O-])[O-])OC[n+]1cn(Cc2ccc(-c3ccccc3)cc2)c2c(=O)[nH]c(N)nc21. The van der Waals surface area contributed by atoms with Crippen molar-refractivity contribution < 1.29 is 32.9 Å². The summed E-state index contributed by atoms with van der Waals surface area (Å²) in [5, 5.41) is 0. The number of hydrogen-bond donors (Lipinski definition) is 2. The number of imidazole rings is 1. The Kier molecular flexibility index (Phi) is 7.94. The largest absolute Gasteiger partial charge is 0.790 e. The minimum atomic E-state index is -5.17. The molecule has 2 heterocycles. The van der Waals surface area contributed by atoms with Crippen molar-refractivity contribution >= 4 is 24.9 Å². The van der Waals surface area contributed by atoms with Gasteiger partial charge in [0.2, 0.25) is 5.52 Å². The van der Waals surface area contributed by atoms with Gasteiger partial charge in [-0.25, -0.2) is 4.57 Å². The van der Waals surface area contributed by atoms with E-state index in [1.165, 1.54) is 7.11 Å². The van der Waals surface area contributed by atoms with Crippen LogP contribution in [-0.4, -0.2) is 41.0 Å². The number of rotatable bonds is 11. The van der Waals surface area contributed by atoms with Crippen molar-refractivity contribution in [2.24, 2.45) is 0 Å². The Labute approximate surface area is 206 Å². The van der Waals surface area contributed by atoms with Gasteiger partial charge in [0.25, 0.3) is 11.5 Å². The lowest BCUT2D eigenvalue weighted by Crippen LogP contribution is -2.39. The maximum atomic E-state index is 12.7. The highest BCUT2D eigenvalue weighted by Crippen LogP contribution is 2.25. The van der Waals surface area contributed by atoms with Gasteiger partial charge in [-0.2, -0.15) is 0 Å². The lowest BCUT2D eigenvalue weighted by Gasteiger charge is -2.30. The van der Waals surface area contributed by atoms with Gasteiger partial charge in [-0.3, -0.25) is 14.3 Å². The number of nitrogen functional groups attached to an aromatic ring is 1. The van der Waals surface area contributed by atoms with Crippen LogP contribution in [0.25, 0.3) is 22.3 Å². The van der Waals surface area contributed by atoms with E-state index in [9.17, 15) is 19.1 Å². The van der Waals surface area contributed by atoms with E-state index in [0.29, 0.717) is 6.54 Å². The quantitative estimate of drug-likeness (QED) is 0.209. The number of ether oxygens (including phenoxy) is 2. The molecule has 4 aromatic rings. The average molecular weight is 514 g/mol. The van der Waals surface area contributed by atoms with Crippen LogP contribution in [0, 0.1) is 0 Å². The van der Waals surface area contributed by atoms with Crippen molar-refractivity contribution in [2.75, 3.05) is 26.1 Å². The van der Waals surface area contributed by atoms with Crippen LogP contribution in [0.1, 0.15) is 5.56 Å². The first-order valence-electron chi connectivity index (χ1n) is 10.9. The Morgan fingerprint density at radius 3 is 2.47 bits per heavy atom. The summed E-state index contributed by atoms with van der Waals surface area (Å²) in [4.78, 5) is 41.1. The molecule has 0 bridgehead atoms. The van der Waals surface area contributed by atoms with Gasteiger partial charge in [-0.1, -0.05) is 59.6 Å². The lowest BCUT2D eigenvalue weighted by molar-refractivity contribution is -0.714. The highest BCUT2D eigenvalue weighted by Gasteiger charge is 2.23. The minimum absolute atomic E-state index is 0.0247. The van der Waals surface area contributed by atoms with E-state index in [-0.39, 0.29) is 30.4 Å². The fraction of sp³-hybridized carbons (Fsp3) is 0.261. The van der Waals surface area contributed by atoms with E-state index < -0.39 is 26.1 Å². The number of aromatic amines is 1. The topological polar surface area (TPSA) is 171 Å². The summed E-state index contributed by atoms with van der Waals surface area (Å²) < 4.78 is 29.1. The Bertz CT molecular complexity index is 1420. The van der Waals surface area contributed by atoms with Crippen molar-refractivity contribution in [3.05, 3.63) is 76.8 Å². The summed E-state index contributed by atoms with van der Waals surface area (Å²) >= 11 is 0. The molecule has 13 heteroatoms. The molecule has 0 saturated heterocycles. The van der Waals surface area contributed by atoms with E-state index >= 15 is 0 Å². The van der Waals surface area contributed by atoms with Crippen molar-refractivity contribution in [1.29, 1.82) is 0 Å². The van der Waals surface area contributed by atoms with Crippen molar-refractivity contribution in [3.8, 4) is 11.1 Å². The zero-order valence-electron chi connectivity index (χ0n) is 19.4. The monoisotopic (exact) mass is 514 g/mol. The molecular weight excluding hydrogens is 489 g/mol. The second-order valence-electron chi connectivity index (χ2n) is 8.02. The van der Waals surface area contributed by atoms with Gasteiger partial charge < -0.3 is 34.1 Å². The number of phosphoric acid groups is 1. The minimum Gasteiger partial charge on any atom is -0.790 e. The molecular formula is C23H25N5O7P-. The first-order valence-corrected chi connectivity index (χ1v) is 12.4. The molecule has 0 spiro atoms. The Hall–Kier alpha value is -3.38. The Morgan fingerprint density at radius 1 is 1.11 bits per heavy atom. The highest BCUT2D eigenvalue weighted by molar-refractivity contribution is 7.43. The molecule has 0 radical (unpaired) electrons. The van der Waals surface area contributed by atoms with Crippen LogP contribution in [0.15, 0.2) is 65.7 Å². The number of aromatic nitrogens is 4. The second kappa shape index (κ2) is 11.1. The van der Waals surface area contributed by atoms with E-state index in [0.717, 1.165) is 16.7 Å². The van der Waals surface area contributed by atoms with Crippen LogP contribution in [0.5, 0.6) is 0 Å². The first kappa shape index (κ1) is 25.7. The molecule has 0 aliphatic rings. The molecule has 1 atom stereocenters. The molecule has 2 aromatic carbocycles. The number of phosphoric ester groups is 1. The fourth-order valence-electron chi connectivity index (χ4n) is 3.75. The summed E-state index contributed by atoms with van der Waals surface area (Å²) in [6, 6.07) is 17.9. The molecule has 0 saturated carbocycles. The van der Waals surface area contributed by atoms with Crippen molar-refractivity contribution in [1.82, 2.24) is 14.5 Å². The predicted molar refractivity (Wildman–Crippen MR) is 126 cm³/mol. The predicted octanol–water partition coefficient (Wildman–Crippen LogP) is 0.144. The molecule has 12 nitrogen and oxygen atoms in total. The third kappa shape index (κ3) is 6.43. The van der Waals surface area contributed by atoms with Crippen molar-refractivity contribution in [2.45, 2.75) is 19.4 Å². The third-order valence-electron chi connectivity index (χ3n) is 5.37. The standard InChI is InChI=1S/C23H26N5O7P/c1-33-12-19(13-35-36(30,31)32)34-15-28-14-27(20-21(28)25-23(24)26-22(20)29)11-16-7-9-18(10-8-16)17-5-3-2-4-6-17/h2-10,14,19H,11-13,15H2,1H3,(H4-,24,25,26,29,30,31,32)/p-1. The summed E-state index contributed by atoms with van der Waals surface area (Å²) in [7, 11) is -3.77. The molecule has 3 N–H and O–H groups in total. The second-order valence-corrected chi connectivity index (χ2v) is 9.17. The summed E-state index contributed by atoms with van der Waals surface area (Å²) in [6.07, 6.45) is 0.788. The number of fused-ring (bicyclic) bond motifs is 1. The third-order valence-corrected chi connectivity index (χ3v) is 5.83. The normalized spacial score (nSPS) is 12.8. The molecule has 36 heavy (non-hydrogen) atoms. The van der Waals surface area contributed by atoms with Gasteiger partial charge in [-0.05, 0) is 16.7 Å². The number of nitrogens with two attached hydrogens (primary N) is 1. The first-order chi connectivity index (χ1) is 17.2. The number of nitrogens with one attached hydrogen (secondary N) is 1. The molecule has 190 valence electrons. The smallest absolute Gasteiger partial charge is 0.313 e.